The maximum atomic E-state index is 12.7. The predicted molar refractivity (Wildman–Crippen MR) is 95.1 cm³/mol. The Morgan fingerprint density at radius 3 is 2.72 bits per heavy atom. The molecule has 2 aliphatic rings. The van der Waals surface area contributed by atoms with Crippen LogP contribution in [-0.4, -0.2) is 57.6 Å². The van der Waals surface area contributed by atoms with Crippen molar-refractivity contribution < 1.29 is 4.79 Å². The fourth-order valence-electron chi connectivity index (χ4n) is 3.61. The number of anilines is 2. The molecule has 5 N–H and O–H groups in total. The van der Waals surface area contributed by atoms with Gasteiger partial charge in [0, 0.05) is 26.2 Å². The van der Waals surface area contributed by atoms with Crippen molar-refractivity contribution in [1.29, 1.82) is 0 Å². The Hall–Kier alpha value is -2.42. The lowest BCUT2D eigenvalue weighted by Gasteiger charge is -2.41. The number of nitrogen functional groups attached to an aromatic ring is 1. The van der Waals surface area contributed by atoms with Crippen LogP contribution in [0.25, 0.3) is 11.2 Å². The van der Waals surface area contributed by atoms with Crippen molar-refractivity contribution >= 4 is 28.8 Å². The quantitative estimate of drug-likeness (QED) is 0.575. The van der Waals surface area contributed by atoms with E-state index in [0.717, 1.165) is 17.9 Å². The molecule has 0 atom stereocenters. The van der Waals surface area contributed by atoms with Gasteiger partial charge >= 0.3 is 0 Å². The van der Waals surface area contributed by atoms with Crippen LogP contribution in [0.5, 0.6) is 0 Å². The first-order valence-electron chi connectivity index (χ1n) is 8.64. The van der Waals surface area contributed by atoms with Gasteiger partial charge in [-0.3, -0.25) is 4.79 Å². The summed E-state index contributed by atoms with van der Waals surface area (Å²) in [6.45, 7) is 7.26. The molecule has 4 rings (SSSR count). The van der Waals surface area contributed by atoms with Crippen molar-refractivity contribution in [2.45, 2.75) is 32.2 Å². The van der Waals surface area contributed by atoms with Crippen LogP contribution in [0.4, 0.5) is 11.8 Å². The third-order valence-corrected chi connectivity index (χ3v) is 5.27. The molecule has 2 aromatic rings. The summed E-state index contributed by atoms with van der Waals surface area (Å²) in [6.07, 6.45) is 3.03. The normalized spacial score (nSPS) is 22.8. The van der Waals surface area contributed by atoms with E-state index in [1.54, 1.807) is 6.33 Å². The van der Waals surface area contributed by atoms with Gasteiger partial charge < -0.3 is 26.3 Å². The molecule has 2 saturated heterocycles. The van der Waals surface area contributed by atoms with Crippen LogP contribution in [0.15, 0.2) is 6.33 Å². The number of nitrogens with two attached hydrogens (primary N) is 1. The molecule has 0 unspecified atom stereocenters. The number of amides is 1. The van der Waals surface area contributed by atoms with Crippen LogP contribution >= 0.6 is 0 Å². The highest BCUT2D eigenvalue weighted by Crippen LogP contribution is 2.31. The van der Waals surface area contributed by atoms with Crippen LogP contribution in [-0.2, 0) is 4.79 Å². The number of nitrogens with zero attached hydrogens (tertiary/aromatic N) is 4. The number of nitrogens with one attached hydrogen (secondary N) is 3. The fraction of sp³-hybridized carbons (Fsp3) is 0.625. The molecule has 134 valence electrons. The Morgan fingerprint density at radius 1 is 1.20 bits per heavy atom. The highest BCUT2D eigenvalue weighted by Gasteiger charge is 2.44. The number of piperidine rings is 1. The number of carbonyl (C=O) groups excluding carboxylic acids is 1. The number of fused-ring (bicyclic) bond motifs is 1. The topological polar surface area (TPSA) is 125 Å². The summed E-state index contributed by atoms with van der Waals surface area (Å²) in [5.74, 6) is 1.07. The standard InChI is InChI=1S/C16H24N8O/c1-15(2)7-18-13(25)16(21-8-15)3-5-24(6-4-16)12-10-11(20-9-19-10)22-14(17)23-12/h9,21H,3-8H2,1-2H3,(H,18,25)(H3,17,19,20,22,23). The summed E-state index contributed by atoms with van der Waals surface area (Å²) in [4.78, 5) is 30.6. The molecule has 2 fully saturated rings. The van der Waals surface area contributed by atoms with Crippen molar-refractivity contribution in [2.24, 2.45) is 5.41 Å². The number of rotatable bonds is 1. The zero-order chi connectivity index (χ0) is 17.7. The highest BCUT2D eigenvalue weighted by molar-refractivity contribution is 5.88. The third-order valence-electron chi connectivity index (χ3n) is 5.27. The number of H-pyrrole nitrogens is 1. The number of hydrogen-bond donors (Lipinski definition) is 4. The van der Waals surface area contributed by atoms with Crippen LogP contribution in [0, 0.1) is 5.41 Å². The summed E-state index contributed by atoms with van der Waals surface area (Å²) in [7, 11) is 0. The Kier molecular flexibility index (Phi) is 3.57. The number of imidazole rings is 1. The van der Waals surface area contributed by atoms with Gasteiger partial charge in [0.25, 0.3) is 0 Å². The molecular formula is C16H24N8O. The molecule has 2 aromatic heterocycles. The minimum Gasteiger partial charge on any atom is -0.368 e. The molecule has 0 saturated carbocycles. The lowest BCUT2D eigenvalue weighted by atomic mass is 9.86. The summed E-state index contributed by atoms with van der Waals surface area (Å²) >= 11 is 0. The summed E-state index contributed by atoms with van der Waals surface area (Å²) in [6, 6.07) is 0. The van der Waals surface area contributed by atoms with Crippen LogP contribution in [0.2, 0.25) is 0 Å². The van der Waals surface area contributed by atoms with Crippen molar-refractivity contribution in [2.75, 3.05) is 36.8 Å². The van der Waals surface area contributed by atoms with Gasteiger partial charge in [-0.1, -0.05) is 13.8 Å². The Labute approximate surface area is 145 Å². The van der Waals surface area contributed by atoms with E-state index in [1.165, 1.54) is 0 Å². The Morgan fingerprint density at radius 2 is 1.96 bits per heavy atom. The third kappa shape index (κ3) is 2.78. The average molecular weight is 344 g/mol. The van der Waals surface area contributed by atoms with Gasteiger partial charge in [0.15, 0.2) is 11.5 Å². The van der Waals surface area contributed by atoms with E-state index < -0.39 is 5.54 Å². The second kappa shape index (κ2) is 5.55. The lowest BCUT2D eigenvalue weighted by molar-refractivity contribution is -0.127. The van der Waals surface area contributed by atoms with Gasteiger partial charge in [0.2, 0.25) is 11.9 Å². The first-order chi connectivity index (χ1) is 11.9. The van der Waals surface area contributed by atoms with Gasteiger partial charge in [-0.05, 0) is 18.3 Å². The average Bonchev–Trinajstić information content (AvgIpc) is 3.02. The van der Waals surface area contributed by atoms with Gasteiger partial charge in [0.1, 0.15) is 11.1 Å². The first-order valence-corrected chi connectivity index (χ1v) is 8.64. The number of hydrogen-bond acceptors (Lipinski definition) is 7. The van der Waals surface area contributed by atoms with Gasteiger partial charge in [-0.25, -0.2) is 4.98 Å². The number of aromatic nitrogens is 4. The van der Waals surface area contributed by atoms with Crippen molar-refractivity contribution in [1.82, 2.24) is 30.6 Å². The second-order valence-electron chi connectivity index (χ2n) is 7.78. The van der Waals surface area contributed by atoms with Crippen LogP contribution in [0.3, 0.4) is 0 Å². The zero-order valence-corrected chi connectivity index (χ0v) is 14.6. The van der Waals surface area contributed by atoms with E-state index in [4.69, 9.17) is 5.73 Å². The first kappa shape index (κ1) is 16.1. The molecule has 4 heterocycles. The molecule has 1 spiro atoms. The molecule has 1 amide bonds. The maximum absolute atomic E-state index is 12.7. The smallest absolute Gasteiger partial charge is 0.240 e. The van der Waals surface area contributed by atoms with Crippen molar-refractivity contribution in [3.05, 3.63) is 6.33 Å². The molecule has 2 aliphatic heterocycles. The molecule has 0 aliphatic carbocycles. The fourth-order valence-corrected chi connectivity index (χ4v) is 3.61. The van der Waals surface area contributed by atoms with Crippen LogP contribution < -0.4 is 21.3 Å². The van der Waals surface area contributed by atoms with E-state index in [2.05, 4.69) is 49.3 Å². The Bertz CT molecular complexity index is 806. The largest absolute Gasteiger partial charge is 0.368 e. The van der Waals surface area contributed by atoms with E-state index in [-0.39, 0.29) is 17.3 Å². The van der Waals surface area contributed by atoms with Crippen LogP contribution in [0.1, 0.15) is 26.7 Å². The molecule has 9 nitrogen and oxygen atoms in total. The van der Waals surface area contributed by atoms with Crippen molar-refractivity contribution in [3.8, 4) is 0 Å². The van der Waals surface area contributed by atoms with Crippen molar-refractivity contribution in [3.63, 3.8) is 0 Å². The monoisotopic (exact) mass is 344 g/mol. The van der Waals surface area contributed by atoms with Gasteiger partial charge in [-0.2, -0.15) is 9.97 Å². The highest BCUT2D eigenvalue weighted by atomic mass is 16.2. The summed E-state index contributed by atoms with van der Waals surface area (Å²) < 4.78 is 0. The minimum atomic E-state index is -0.504. The van der Waals surface area contributed by atoms with Gasteiger partial charge in [0.05, 0.1) is 6.33 Å². The SMILES string of the molecule is CC1(C)CNC(=O)C2(CCN(c3nc(N)nc4nc[nH]c34)CC2)NC1. The molecular weight excluding hydrogens is 320 g/mol. The lowest BCUT2D eigenvalue weighted by Crippen LogP contribution is -2.60. The second-order valence-corrected chi connectivity index (χ2v) is 7.78. The molecule has 9 heteroatoms. The summed E-state index contributed by atoms with van der Waals surface area (Å²) in [5, 5.41) is 6.64. The molecule has 25 heavy (non-hydrogen) atoms. The molecule has 0 bridgehead atoms. The number of aromatic amines is 1. The Balaban J connectivity index is 1.56. The van der Waals surface area contributed by atoms with E-state index in [9.17, 15) is 4.79 Å². The maximum Gasteiger partial charge on any atom is 0.240 e. The zero-order valence-electron chi connectivity index (χ0n) is 14.6. The van der Waals surface area contributed by atoms with Gasteiger partial charge in [-0.15, -0.1) is 0 Å². The predicted octanol–water partition coefficient (Wildman–Crippen LogP) is 0.0197. The van der Waals surface area contributed by atoms with E-state index >= 15 is 0 Å². The molecule has 0 radical (unpaired) electrons. The van der Waals surface area contributed by atoms with E-state index in [1.807, 2.05) is 0 Å². The minimum absolute atomic E-state index is 0.0550. The summed E-state index contributed by atoms with van der Waals surface area (Å²) in [5.41, 5.74) is 6.72. The number of carbonyl (C=O) groups is 1. The molecule has 0 aromatic carbocycles. The van der Waals surface area contributed by atoms with E-state index in [0.29, 0.717) is 38.1 Å².